The Kier molecular flexibility index (Phi) is 5.44. The smallest absolute Gasteiger partial charge is 0.419 e. The van der Waals surface area contributed by atoms with Crippen LogP contribution < -0.4 is 16.0 Å². The molecule has 2 aliphatic rings. The van der Waals surface area contributed by atoms with Gasteiger partial charge >= 0.3 is 12.3 Å². The van der Waals surface area contributed by atoms with Crippen LogP contribution in [-0.2, 0) is 10.9 Å². The lowest BCUT2D eigenvalue weighted by molar-refractivity contribution is -0.137. The zero-order valence-corrected chi connectivity index (χ0v) is 19.0. The number of fused-ring (bicyclic) bond motifs is 2. The lowest BCUT2D eigenvalue weighted by atomic mass is 10.1. The summed E-state index contributed by atoms with van der Waals surface area (Å²) in [6.45, 7) is 0.719. The molecule has 1 saturated carbocycles. The highest BCUT2D eigenvalue weighted by molar-refractivity contribution is 9.10. The number of piperidine rings is 1. The summed E-state index contributed by atoms with van der Waals surface area (Å²) in [5, 5.41) is 9.65. The molecule has 12 heteroatoms. The molecule has 3 aromatic rings. The largest absolute Gasteiger partial charge is 0.453 e. The van der Waals surface area contributed by atoms with Crippen LogP contribution in [-0.4, -0.2) is 46.8 Å². The Balaban J connectivity index is 1.53. The number of carbonyl (C=O) groups excluding carboxylic acids is 1. The first kappa shape index (κ1) is 22.0. The number of hydrogen-bond acceptors (Lipinski definition) is 6. The summed E-state index contributed by atoms with van der Waals surface area (Å²) in [4.78, 5) is 22.8. The third kappa shape index (κ3) is 4.24. The van der Waals surface area contributed by atoms with Crippen molar-refractivity contribution >= 4 is 44.6 Å². The van der Waals surface area contributed by atoms with Crippen LogP contribution in [0.3, 0.4) is 0 Å². The maximum atomic E-state index is 13.8. The van der Waals surface area contributed by atoms with E-state index in [4.69, 9.17) is 0 Å². The molecule has 2 fully saturated rings. The van der Waals surface area contributed by atoms with Gasteiger partial charge < -0.3 is 20.4 Å². The fourth-order valence-electron chi connectivity index (χ4n) is 4.27. The minimum absolute atomic E-state index is 0.0578. The van der Waals surface area contributed by atoms with Gasteiger partial charge in [0, 0.05) is 42.0 Å². The van der Waals surface area contributed by atoms with Crippen LogP contribution in [0.15, 0.2) is 29.0 Å². The van der Waals surface area contributed by atoms with Crippen LogP contribution >= 0.6 is 15.9 Å². The molecule has 1 saturated heterocycles. The number of H-pyrrole nitrogens is 1. The van der Waals surface area contributed by atoms with Crippen LogP contribution in [0.4, 0.5) is 29.6 Å². The Hall–Kier alpha value is -2.86. The second-order valence-corrected chi connectivity index (χ2v) is 9.00. The van der Waals surface area contributed by atoms with Crippen LogP contribution in [0.2, 0.25) is 0 Å². The second kappa shape index (κ2) is 8.17. The predicted molar refractivity (Wildman–Crippen MR) is 120 cm³/mol. The highest BCUT2D eigenvalue weighted by Crippen LogP contribution is 2.42. The van der Waals surface area contributed by atoms with Crippen molar-refractivity contribution in [3.63, 3.8) is 0 Å². The molecule has 1 aliphatic heterocycles. The first-order valence-corrected chi connectivity index (χ1v) is 11.1. The zero-order valence-electron chi connectivity index (χ0n) is 17.4. The third-order valence-electron chi connectivity index (χ3n) is 6.03. The average molecular weight is 525 g/mol. The molecule has 1 aromatic carbocycles. The Labute approximate surface area is 194 Å². The summed E-state index contributed by atoms with van der Waals surface area (Å²) in [6, 6.07) is 3.82. The number of aromatic amines is 1. The molecule has 4 N–H and O–H groups in total. The van der Waals surface area contributed by atoms with Gasteiger partial charge in [0.1, 0.15) is 5.56 Å². The Bertz CT molecular complexity index is 1230. The number of methoxy groups -OCH3 is 1. The van der Waals surface area contributed by atoms with Crippen LogP contribution in [0.5, 0.6) is 0 Å². The summed E-state index contributed by atoms with van der Waals surface area (Å²) >= 11 is 3.40. The van der Waals surface area contributed by atoms with Gasteiger partial charge in [-0.2, -0.15) is 13.2 Å². The number of rotatable bonds is 4. The van der Waals surface area contributed by atoms with E-state index < -0.39 is 17.8 Å². The van der Waals surface area contributed by atoms with Gasteiger partial charge in [-0.3, -0.25) is 5.32 Å². The standard InChI is InChI=1S/C21H20BrF3N6O2/c1-33-20(32)30-14-3-2-11-12(7-27-18(11)16(14)22)17-13(21(23,24)25)8-28-19(31-17)29-10-4-9-5-15(9)26-6-10/h2-3,7-10,15,26-27H,4-6H2,1H3,(H,30,32)(H,28,29,31)/t9-,10-,15+/m0/s1. The van der Waals surface area contributed by atoms with E-state index in [-0.39, 0.29) is 23.2 Å². The first-order valence-electron chi connectivity index (χ1n) is 10.3. The van der Waals surface area contributed by atoms with E-state index in [2.05, 4.69) is 51.6 Å². The molecule has 174 valence electrons. The number of alkyl halides is 3. The van der Waals surface area contributed by atoms with E-state index in [0.717, 1.165) is 25.6 Å². The molecule has 3 heterocycles. The number of halogens is 4. The van der Waals surface area contributed by atoms with Gasteiger partial charge in [0.25, 0.3) is 0 Å². The van der Waals surface area contributed by atoms with Crippen molar-refractivity contribution in [3.8, 4) is 11.3 Å². The number of benzene rings is 1. The van der Waals surface area contributed by atoms with E-state index in [1.807, 2.05) is 0 Å². The van der Waals surface area contributed by atoms with E-state index in [9.17, 15) is 18.0 Å². The zero-order chi connectivity index (χ0) is 23.3. The fraction of sp³-hybridized carbons (Fsp3) is 0.381. The number of anilines is 2. The number of aromatic nitrogens is 3. The Morgan fingerprint density at radius 2 is 2.12 bits per heavy atom. The molecule has 0 radical (unpaired) electrons. The van der Waals surface area contributed by atoms with Crippen molar-refractivity contribution < 1.29 is 22.7 Å². The second-order valence-electron chi connectivity index (χ2n) is 8.21. The molecule has 8 nitrogen and oxygen atoms in total. The van der Waals surface area contributed by atoms with Crippen LogP contribution in [0.1, 0.15) is 18.4 Å². The quantitative estimate of drug-likeness (QED) is 0.392. The monoisotopic (exact) mass is 524 g/mol. The molecule has 33 heavy (non-hydrogen) atoms. The predicted octanol–water partition coefficient (Wildman–Crippen LogP) is 4.75. The molecular weight excluding hydrogens is 505 g/mol. The SMILES string of the molecule is COC(=O)Nc1ccc2c(-c3nc(N[C@@H]4CN[C@@H]5C[C@@H]5C4)ncc3C(F)(F)F)c[nH]c2c1Br. The normalized spacial score (nSPS) is 22.0. The molecule has 0 bridgehead atoms. The van der Waals surface area contributed by atoms with Crippen molar-refractivity contribution in [3.05, 3.63) is 34.6 Å². The highest BCUT2D eigenvalue weighted by Gasteiger charge is 2.42. The molecule has 3 atom stereocenters. The summed E-state index contributed by atoms with van der Waals surface area (Å²) in [6.07, 6.45) is -0.934. The molecule has 0 spiro atoms. The van der Waals surface area contributed by atoms with Crippen molar-refractivity contribution in [1.82, 2.24) is 20.3 Å². The third-order valence-corrected chi connectivity index (χ3v) is 6.86. The van der Waals surface area contributed by atoms with Crippen molar-refractivity contribution in [2.45, 2.75) is 31.1 Å². The Morgan fingerprint density at radius 3 is 2.85 bits per heavy atom. The molecule has 0 unspecified atom stereocenters. The van der Waals surface area contributed by atoms with Gasteiger partial charge in [-0.1, -0.05) is 6.07 Å². The van der Waals surface area contributed by atoms with E-state index >= 15 is 0 Å². The average Bonchev–Trinajstić information content (AvgIpc) is 3.42. The summed E-state index contributed by atoms with van der Waals surface area (Å²) in [7, 11) is 1.24. The van der Waals surface area contributed by atoms with E-state index in [1.54, 1.807) is 12.1 Å². The van der Waals surface area contributed by atoms with Gasteiger partial charge in [-0.25, -0.2) is 14.8 Å². The van der Waals surface area contributed by atoms with Crippen molar-refractivity contribution in [2.24, 2.45) is 5.92 Å². The minimum Gasteiger partial charge on any atom is -0.453 e. The van der Waals surface area contributed by atoms with Gasteiger partial charge in [0.2, 0.25) is 5.95 Å². The number of carbonyl (C=O) groups is 1. The molecule has 5 rings (SSSR count). The number of ether oxygens (including phenoxy) is 1. The minimum atomic E-state index is -4.63. The van der Waals surface area contributed by atoms with E-state index in [0.29, 0.717) is 33.0 Å². The topological polar surface area (TPSA) is 104 Å². The lowest BCUT2D eigenvalue weighted by Gasteiger charge is -2.24. The fourth-order valence-corrected chi connectivity index (χ4v) is 4.83. The number of hydrogen-bond donors (Lipinski definition) is 4. The molecule has 2 aromatic heterocycles. The summed E-state index contributed by atoms with van der Waals surface area (Å²) < 4.78 is 46.5. The summed E-state index contributed by atoms with van der Waals surface area (Å²) in [5.74, 6) is 0.755. The highest BCUT2D eigenvalue weighted by atomic mass is 79.9. The Morgan fingerprint density at radius 1 is 1.30 bits per heavy atom. The van der Waals surface area contributed by atoms with Crippen molar-refractivity contribution in [1.29, 1.82) is 0 Å². The molecular formula is C21H20BrF3N6O2. The molecule has 1 aliphatic carbocycles. The summed E-state index contributed by atoms with van der Waals surface area (Å²) in [5.41, 5.74) is 0.0475. The maximum absolute atomic E-state index is 13.8. The molecule has 1 amide bonds. The lowest BCUT2D eigenvalue weighted by Crippen LogP contribution is -2.39. The van der Waals surface area contributed by atoms with Crippen LogP contribution in [0, 0.1) is 5.92 Å². The van der Waals surface area contributed by atoms with E-state index in [1.165, 1.54) is 13.3 Å². The van der Waals surface area contributed by atoms with Crippen molar-refractivity contribution in [2.75, 3.05) is 24.3 Å². The first-order chi connectivity index (χ1) is 15.7. The maximum Gasteiger partial charge on any atom is 0.419 e. The number of amides is 1. The number of nitrogens with one attached hydrogen (secondary N) is 4. The van der Waals surface area contributed by atoms with Gasteiger partial charge in [0.15, 0.2) is 0 Å². The van der Waals surface area contributed by atoms with Crippen LogP contribution in [0.25, 0.3) is 22.2 Å². The van der Waals surface area contributed by atoms with Gasteiger partial charge in [0.05, 0.1) is 28.5 Å². The van der Waals surface area contributed by atoms with Gasteiger partial charge in [-0.15, -0.1) is 0 Å². The number of nitrogens with zero attached hydrogens (tertiary/aromatic N) is 2. The van der Waals surface area contributed by atoms with Gasteiger partial charge in [-0.05, 0) is 40.8 Å².